The van der Waals surface area contributed by atoms with Crippen LogP contribution in [0, 0.1) is 10.8 Å². The van der Waals surface area contributed by atoms with Crippen molar-refractivity contribution in [1.29, 1.82) is 0 Å². The van der Waals surface area contributed by atoms with E-state index in [4.69, 9.17) is 5.73 Å². The van der Waals surface area contributed by atoms with E-state index in [1.807, 2.05) is 0 Å². The summed E-state index contributed by atoms with van der Waals surface area (Å²) in [6.45, 7) is 9.31. The van der Waals surface area contributed by atoms with Crippen LogP contribution in [-0.2, 0) is 0 Å². The largest absolute Gasteiger partial charge is 0.322 e. The molecule has 14 heavy (non-hydrogen) atoms. The van der Waals surface area contributed by atoms with Crippen LogP contribution in [-0.4, -0.2) is 5.54 Å². The summed E-state index contributed by atoms with van der Waals surface area (Å²) < 4.78 is 0. The van der Waals surface area contributed by atoms with Gasteiger partial charge in [-0.1, -0.05) is 32.4 Å². The van der Waals surface area contributed by atoms with Gasteiger partial charge in [0.15, 0.2) is 0 Å². The highest BCUT2D eigenvalue weighted by Crippen LogP contribution is 2.55. The maximum Gasteiger partial charge on any atom is 0.0318 e. The average molecular weight is 193 g/mol. The first-order valence-corrected chi connectivity index (χ1v) is 5.69. The Kier molecular flexibility index (Phi) is 1.92. The molecular weight excluding hydrogens is 170 g/mol. The normalized spacial score (nSPS) is 45.9. The molecule has 0 spiro atoms. The second kappa shape index (κ2) is 2.63. The van der Waals surface area contributed by atoms with E-state index in [-0.39, 0.29) is 5.54 Å². The summed E-state index contributed by atoms with van der Waals surface area (Å²) in [5.74, 6) is 0. The van der Waals surface area contributed by atoms with Gasteiger partial charge in [0.05, 0.1) is 0 Å². The number of nitrogens with two attached hydrogens (primary N) is 1. The van der Waals surface area contributed by atoms with Gasteiger partial charge in [0.2, 0.25) is 0 Å². The molecule has 3 rings (SSSR count). The van der Waals surface area contributed by atoms with Gasteiger partial charge in [-0.05, 0) is 43.4 Å². The number of rotatable bonds is 0. The highest BCUT2D eigenvalue weighted by atomic mass is 14.7. The number of fused-ring (bicyclic) bond motifs is 4. The Balaban J connectivity index is 2.29. The van der Waals surface area contributed by atoms with E-state index in [9.17, 15) is 0 Å². The van der Waals surface area contributed by atoms with Crippen molar-refractivity contribution in [3.8, 4) is 0 Å². The minimum Gasteiger partial charge on any atom is -0.322 e. The Labute approximate surface area is 87.8 Å². The molecule has 0 amide bonds. The predicted molar refractivity (Wildman–Crippen MR) is 61.0 cm³/mol. The third-order valence-electron chi connectivity index (χ3n) is 3.61. The molecule has 1 unspecified atom stereocenters. The van der Waals surface area contributed by atoms with Crippen LogP contribution >= 0.6 is 0 Å². The van der Waals surface area contributed by atoms with Crippen LogP contribution in [0.25, 0.3) is 0 Å². The summed E-state index contributed by atoms with van der Waals surface area (Å²) in [4.78, 5) is 0. The van der Waals surface area contributed by atoms with Gasteiger partial charge < -0.3 is 5.73 Å². The first-order valence-electron chi connectivity index (χ1n) is 5.69. The van der Waals surface area contributed by atoms with Crippen molar-refractivity contribution in [3.05, 3.63) is 11.6 Å². The molecule has 1 nitrogen and oxygen atoms in total. The smallest absolute Gasteiger partial charge is 0.0318 e. The molecule has 0 aromatic rings. The quantitative estimate of drug-likeness (QED) is 0.587. The molecule has 3 aliphatic carbocycles. The Morgan fingerprint density at radius 1 is 1.07 bits per heavy atom. The van der Waals surface area contributed by atoms with Crippen molar-refractivity contribution in [2.75, 3.05) is 0 Å². The van der Waals surface area contributed by atoms with Crippen LogP contribution < -0.4 is 5.73 Å². The third-order valence-corrected chi connectivity index (χ3v) is 3.61. The van der Waals surface area contributed by atoms with Crippen LogP contribution in [0.2, 0.25) is 0 Å². The van der Waals surface area contributed by atoms with Gasteiger partial charge in [-0.15, -0.1) is 0 Å². The first kappa shape index (κ1) is 10.2. The molecule has 1 atom stereocenters. The standard InChI is InChI=1S/C13H23N/c1-11(2)8-12(3)5-10(6-12)7-13(4,14)9-11/h7H,5-6,8-9,14H2,1-4H3. The van der Waals surface area contributed by atoms with E-state index >= 15 is 0 Å². The van der Waals surface area contributed by atoms with Gasteiger partial charge in [-0.3, -0.25) is 0 Å². The van der Waals surface area contributed by atoms with E-state index in [2.05, 4.69) is 33.8 Å². The number of allylic oxidation sites excluding steroid dienone is 1. The van der Waals surface area contributed by atoms with Crippen molar-refractivity contribution in [2.45, 2.75) is 58.9 Å². The van der Waals surface area contributed by atoms with Crippen molar-refractivity contribution in [1.82, 2.24) is 0 Å². The Morgan fingerprint density at radius 2 is 1.64 bits per heavy atom. The van der Waals surface area contributed by atoms with Crippen LogP contribution in [0.1, 0.15) is 53.4 Å². The third kappa shape index (κ3) is 1.88. The summed E-state index contributed by atoms with van der Waals surface area (Å²) in [6.07, 6.45) is 7.32. The van der Waals surface area contributed by atoms with Crippen LogP contribution in [0.15, 0.2) is 11.6 Å². The minimum atomic E-state index is -0.0828. The molecule has 1 fully saturated rings. The molecule has 80 valence electrons. The van der Waals surface area contributed by atoms with E-state index in [1.54, 1.807) is 5.57 Å². The van der Waals surface area contributed by atoms with Gasteiger partial charge in [-0.2, -0.15) is 0 Å². The molecule has 0 saturated heterocycles. The molecule has 0 radical (unpaired) electrons. The zero-order valence-corrected chi connectivity index (χ0v) is 9.98. The van der Waals surface area contributed by atoms with E-state index < -0.39 is 0 Å². The molecule has 0 aromatic carbocycles. The second-order valence-electron chi connectivity index (χ2n) is 6.99. The molecule has 2 bridgehead atoms. The summed E-state index contributed by atoms with van der Waals surface area (Å²) in [7, 11) is 0. The van der Waals surface area contributed by atoms with Crippen LogP contribution in [0.5, 0.6) is 0 Å². The highest BCUT2D eigenvalue weighted by molar-refractivity contribution is 5.25. The molecular formula is C13H23N. The lowest BCUT2D eigenvalue weighted by molar-refractivity contribution is 0.0979. The first-order chi connectivity index (χ1) is 6.20. The maximum absolute atomic E-state index is 6.30. The number of hydrogen-bond acceptors (Lipinski definition) is 1. The SMILES string of the molecule is CC1(N)C=C2CC(C)(C2)CC(C)(C)C1. The molecule has 1 heteroatoms. The van der Waals surface area contributed by atoms with Crippen molar-refractivity contribution < 1.29 is 0 Å². The van der Waals surface area contributed by atoms with Gasteiger partial charge in [-0.25, -0.2) is 0 Å². The zero-order chi connectivity index (χ0) is 10.6. The summed E-state index contributed by atoms with van der Waals surface area (Å²) in [5, 5.41) is 0. The van der Waals surface area contributed by atoms with Crippen molar-refractivity contribution in [2.24, 2.45) is 16.6 Å². The zero-order valence-electron chi connectivity index (χ0n) is 9.98. The minimum absolute atomic E-state index is 0.0828. The van der Waals surface area contributed by atoms with E-state index in [1.165, 1.54) is 19.3 Å². The summed E-state index contributed by atoms with van der Waals surface area (Å²) in [6, 6.07) is 0. The highest BCUT2D eigenvalue weighted by Gasteiger charge is 2.44. The van der Waals surface area contributed by atoms with Gasteiger partial charge in [0.1, 0.15) is 0 Å². The van der Waals surface area contributed by atoms with Gasteiger partial charge in [0.25, 0.3) is 0 Å². The number of hydrogen-bond donors (Lipinski definition) is 1. The lowest BCUT2D eigenvalue weighted by atomic mass is 9.55. The topological polar surface area (TPSA) is 26.0 Å². The van der Waals surface area contributed by atoms with Gasteiger partial charge >= 0.3 is 0 Å². The molecule has 3 aliphatic rings. The molecule has 0 aromatic heterocycles. The van der Waals surface area contributed by atoms with Crippen molar-refractivity contribution in [3.63, 3.8) is 0 Å². The monoisotopic (exact) mass is 193 g/mol. The summed E-state index contributed by atoms with van der Waals surface area (Å²) >= 11 is 0. The fourth-order valence-corrected chi connectivity index (χ4v) is 4.04. The van der Waals surface area contributed by atoms with Crippen LogP contribution in [0.3, 0.4) is 0 Å². The fourth-order valence-electron chi connectivity index (χ4n) is 4.04. The van der Waals surface area contributed by atoms with E-state index in [0.717, 1.165) is 6.42 Å². The molecule has 0 heterocycles. The van der Waals surface area contributed by atoms with Crippen molar-refractivity contribution >= 4 is 0 Å². The Morgan fingerprint density at radius 3 is 2.21 bits per heavy atom. The molecule has 1 saturated carbocycles. The average Bonchev–Trinajstić information content (AvgIpc) is 1.74. The van der Waals surface area contributed by atoms with Gasteiger partial charge in [0, 0.05) is 5.54 Å². The molecule has 2 N–H and O–H groups in total. The Bertz CT molecular complexity index is 276. The van der Waals surface area contributed by atoms with Crippen LogP contribution in [0.4, 0.5) is 0 Å². The fraction of sp³-hybridized carbons (Fsp3) is 0.846. The maximum atomic E-state index is 6.30. The Hall–Kier alpha value is -0.300. The lowest BCUT2D eigenvalue weighted by Gasteiger charge is -2.50. The lowest BCUT2D eigenvalue weighted by Crippen LogP contribution is -2.46. The van der Waals surface area contributed by atoms with E-state index in [0.29, 0.717) is 10.8 Å². The summed E-state index contributed by atoms with van der Waals surface area (Å²) in [5.41, 5.74) is 8.78. The second-order valence-corrected chi connectivity index (χ2v) is 6.99. The predicted octanol–water partition coefficient (Wildman–Crippen LogP) is 3.25. The molecule has 0 aliphatic heterocycles.